The summed E-state index contributed by atoms with van der Waals surface area (Å²) in [6.45, 7) is 2.06. The molecule has 9 heteroatoms. The number of hydrogen-bond acceptors (Lipinski definition) is 5. The van der Waals surface area contributed by atoms with E-state index in [0.717, 1.165) is 38.5 Å². The first-order valence-electron chi connectivity index (χ1n) is 6.40. The molecule has 1 fully saturated rings. The van der Waals surface area contributed by atoms with Crippen LogP contribution in [0.1, 0.15) is 25.7 Å². The lowest BCUT2D eigenvalue weighted by molar-refractivity contribution is -0.131. The van der Waals surface area contributed by atoms with Gasteiger partial charge in [0.2, 0.25) is 15.9 Å². The fourth-order valence-corrected chi connectivity index (χ4v) is 2.16. The van der Waals surface area contributed by atoms with Gasteiger partial charge >= 0.3 is 0 Å². The first-order valence-corrected chi connectivity index (χ1v) is 8.29. The van der Waals surface area contributed by atoms with E-state index in [1.54, 1.807) is 4.90 Å². The molecule has 1 rings (SSSR count). The van der Waals surface area contributed by atoms with Gasteiger partial charge in [-0.25, -0.2) is 8.42 Å². The fraction of sp³-hybridized carbons (Fsp3) is 0.818. The number of carbonyl (C=O) groups is 1. The minimum Gasteiger partial charge on any atom is -0.341 e. The van der Waals surface area contributed by atoms with E-state index in [1.165, 1.54) is 0 Å². The lowest BCUT2D eigenvalue weighted by Gasteiger charge is -2.19. The molecule has 1 unspecified atom stereocenters. The maximum Gasteiger partial charge on any atom is 0.239 e. The molecule has 1 heterocycles. The molecule has 3 N–H and O–H groups in total. The molecule has 0 saturated carbocycles. The largest absolute Gasteiger partial charge is 0.341 e. The monoisotopic (exact) mass is 326 g/mol. The highest BCUT2D eigenvalue weighted by Gasteiger charge is 2.22. The Kier molecular flexibility index (Phi) is 8.75. The van der Waals surface area contributed by atoms with Gasteiger partial charge in [0.1, 0.15) is 0 Å². The van der Waals surface area contributed by atoms with Crippen molar-refractivity contribution in [1.29, 1.82) is 0 Å². The number of hydrogen-bond donors (Lipinski definition) is 2. The Hall–Kier alpha value is -0.860. The highest BCUT2D eigenvalue weighted by atomic mass is 35.5. The molecule has 1 aliphatic heterocycles. The van der Waals surface area contributed by atoms with E-state index in [0.29, 0.717) is 19.4 Å². The summed E-state index contributed by atoms with van der Waals surface area (Å²) in [5.41, 5.74) is 5.83. The SMILES string of the molecule is CS(=O)(=O)NC=NCCCC(N)C(=O)N1CCCC1.Cl. The van der Waals surface area contributed by atoms with Crippen molar-refractivity contribution < 1.29 is 13.2 Å². The topological polar surface area (TPSA) is 105 Å². The zero-order valence-corrected chi connectivity index (χ0v) is 13.3. The van der Waals surface area contributed by atoms with Gasteiger partial charge in [0, 0.05) is 19.6 Å². The number of nitrogens with two attached hydrogens (primary N) is 1. The van der Waals surface area contributed by atoms with Crippen LogP contribution in [0, 0.1) is 0 Å². The van der Waals surface area contributed by atoms with Crippen LogP contribution < -0.4 is 10.5 Å². The van der Waals surface area contributed by atoms with Crippen molar-refractivity contribution in [3.8, 4) is 0 Å². The molecule has 0 radical (unpaired) electrons. The van der Waals surface area contributed by atoms with Crippen molar-refractivity contribution in [1.82, 2.24) is 9.62 Å². The van der Waals surface area contributed by atoms with Gasteiger partial charge in [-0.05, 0) is 25.7 Å². The van der Waals surface area contributed by atoms with Gasteiger partial charge in [-0.1, -0.05) is 0 Å². The summed E-state index contributed by atoms with van der Waals surface area (Å²) >= 11 is 0. The second-order valence-electron chi connectivity index (χ2n) is 4.71. The van der Waals surface area contributed by atoms with Gasteiger partial charge in [0.05, 0.1) is 18.6 Å². The van der Waals surface area contributed by atoms with Crippen LogP contribution in [0.2, 0.25) is 0 Å². The van der Waals surface area contributed by atoms with Crippen LogP contribution in [0.25, 0.3) is 0 Å². The molecule has 0 aliphatic carbocycles. The zero-order chi connectivity index (χ0) is 14.3. The Morgan fingerprint density at radius 1 is 1.45 bits per heavy atom. The molecular formula is C11H23ClN4O3S. The molecule has 0 aromatic heterocycles. The number of sulfonamides is 1. The molecule has 0 bridgehead atoms. The number of nitrogens with zero attached hydrogens (tertiary/aromatic N) is 2. The molecule has 0 spiro atoms. The van der Waals surface area contributed by atoms with E-state index in [4.69, 9.17) is 5.73 Å². The molecule has 20 heavy (non-hydrogen) atoms. The quantitative estimate of drug-likeness (QED) is 0.381. The third-order valence-electron chi connectivity index (χ3n) is 2.90. The van der Waals surface area contributed by atoms with Crippen LogP contribution >= 0.6 is 12.4 Å². The highest BCUT2D eigenvalue weighted by Crippen LogP contribution is 2.10. The molecule has 7 nitrogen and oxygen atoms in total. The van der Waals surface area contributed by atoms with Crippen LogP contribution in [0.5, 0.6) is 0 Å². The van der Waals surface area contributed by atoms with Gasteiger partial charge < -0.3 is 10.6 Å². The lowest BCUT2D eigenvalue weighted by Crippen LogP contribution is -2.42. The summed E-state index contributed by atoms with van der Waals surface area (Å²) < 4.78 is 23.6. The van der Waals surface area contributed by atoms with Gasteiger partial charge in [0.15, 0.2) is 0 Å². The Morgan fingerprint density at radius 3 is 2.60 bits per heavy atom. The smallest absolute Gasteiger partial charge is 0.239 e. The van der Waals surface area contributed by atoms with Crippen LogP contribution in [0.15, 0.2) is 4.99 Å². The second-order valence-corrected chi connectivity index (χ2v) is 6.49. The standard InChI is InChI=1S/C11H22N4O3S.ClH/c1-19(17,18)14-9-13-6-4-5-10(12)11(16)15-7-2-3-8-15;/h9-10H,2-8,12H2,1H3,(H,13,14);1H. The number of amides is 1. The summed E-state index contributed by atoms with van der Waals surface area (Å²) in [5.74, 6) is 0.00994. The zero-order valence-electron chi connectivity index (χ0n) is 11.6. The third kappa shape index (κ3) is 7.66. The number of likely N-dealkylation sites (tertiary alicyclic amines) is 1. The van der Waals surface area contributed by atoms with Crippen LogP contribution in [-0.4, -0.2) is 57.5 Å². The lowest BCUT2D eigenvalue weighted by atomic mass is 10.1. The minimum absolute atomic E-state index is 0. The second kappa shape index (κ2) is 9.15. The van der Waals surface area contributed by atoms with Crippen molar-refractivity contribution in [3.63, 3.8) is 0 Å². The number of rotatable bonds is 7. The Morgan fingerprint density at radius 2 is 2.05 bits per heavy atom. The van der Waals surface area contributed by atoms with Gasteiger partial charge in [-0.15, -0.1) is 12.4 Å². The molecule has 0 aromatic carbocycles. The molecule has 118 valence electrons. The summed E-state index contributed by atoms with van der Waals surface area (Å²) in [4.78, 5) is 17.6. The average molecular weight is 327 g/mol. The van der Waals surface area contributed by atoms with Crippen LogP contribution in [-0.2, 0) is 14.8 Å². The number of halogens is 1. The highest BCUT2D eigenvalue weighted by molar-refractivity contribution is 7.89. The van der Waals surface area contributed by atoms with E-state index in [2.05, 4.69) is 9.71 Å². The summed E-state index contributed by atoms with van der Waals surface area (Å²) in [6, 6.07) is -0.476. The van der Waals surface area contributed by atoms with Gasteiger partial charge in [-0.3, -0.25) is 14.5 Å². The fourth-order valence-electron chi connectivity index (χ4n) is 1.90. The number of carbonyl (C=O) groups excluding carboxylic acids is 1. The predicted octanol–water partition coefficient (Wildman–Crippen LogP) is -0.284. The third-order valence-corrected chi connectivity index (χ3v) is 3.43. The van der Waals surface area contributed by atoms with Crippen molar-refractivity contribution in [2.75, 3.05) is 25.9 Å². The van der Waals surface area contributed by atoms with E-state index in [9.17, 15) is 13.2 Å². The summed E-state index contributed by atoms with van der Waals surface area (Å²) in [5, 5.41) is 0. The number of aliphatic imine (C=N–C) groups is 1. The van der Waals surface area contributed by atoms with E-state index >= 15 is 0 Å². The molecule has 1 amide bonds. The predicted molar refractivity (Wildman–Crippen MR) is 81.6 cm³/mol. The molecule has 0 aromatic rings. The van der Waals surface area contributed by atoms with Crippen molar-refractivity contribution in [2.45, 2.75) is 31.7 Å². The molecule has 1 atom stereocenters. The Balaban J connectivity index is 0.00000361. The maximum absolute atomic E-state index is 11.9. The van der Waals surface area contributed by atoms with Crippen LogP contribution in [0.3, 0.4) is 0 Å². The van der Waals surface area contributed by atoms with Gasteiger partial charge in [-0.2, -0.15) is 0 Å². The van der Waals surface area contributed by atoms with Crippen molar-refractivity contribution >= 4 is 34.7 Å². The summed E-state index contributed by atoms with van der Waals surface area (Å²) in [6.07, 6.45) is 5.54. The maximum atomic E-state index is 11.9. The average Bonchev–Trinajstić information content (AvgIpc) is 2.84. The minimum atomic E-state index is -3.24. The van der Waals surface area contributed by atoms with E-state index < -0.39 is 16.1 Å². The molecule has 1 aliphatic rings. The first-order chi connectivity index (χ1) is 8.90. The number of nitrogens with one attached hydrogen (secondary N) is 1. The summed E-state index contributed by atoms with van der Waals surface area (Å²) in [7, 11) is -3.24. The Bertz CT molecular complexity index is 421. The van der Waals surface area contributed by atoms with Crippen molar-refractivity contribution in [2.24, 2.45) is 10.7 Å². The molecular weight excluding hydrogens is 304 g/mol. The molecule has 1 saturated heterocycles. The van der Waals surface area contributed by atoms with E-state index in [1.807, 2.05) is 0 Å². The Labute approximate surface area is 126 Å². The first kappa shape index (κ1) is 19.1. The van der Waals surface area contributed by atoms with Crippen molar-refractivity contribution in [3.05, 3.63) is 0 Å². The normalized spacial score (nSPS) is 17.0. The van der Waals surface area contributed by atoms with Crippen LogP contribution in [0.4, 0.5) is 0 Å². The van der Waals surface area contributed by atoms with E-state index in [-0.39, 0.29) is 18.3 Å². The van der Waals surface area contributed by atoms with Gasteiger partial charge in [0.25, 0.3) is 0 Å².